The number of allylic oxidation sites excluding steroid dienone is 1. The second-order valence-corrected chi connectivity index (χ2v) is 17.2. The number of nitrogens with zero attached hydrogens (tertiary/aromatic N) is 3. The van der Waals surface area contributed by atoms with E-state index in [1.165, 1.54) is 16.7 Å². The first-order valence-corrected chi connectivity index (χ1v) is 20.1. The van der Waals surface area contributed by atoms with E-state index in [0.717, 1.165) is 62.3 Å². The molecule has 1 fully saturated rings. The number of methoxy groups -OCH3 is 1. The van der Waals surface area contributed by atoms with Gasteiger partial charge in [0.15, 0.2) is 0 Å². The summed E-state index contributed by atoms with van der Waals surface area (Å²) >= 11 is 0. The Morgan fingerprint density at radius 3 is 2.82 bits per heavy atom. The van der Waals surface area contributed by atoms with Gasteiger partial charge >= 0.3 is 0 Å². The summed E-state index contributed by atoms with van der Waals surface area (Å²) in [5.41, 5.74) is 5.92. The normalized spacial score (nSPS) is 28.6. The molecule has 2 aliphatic carbocycles. The number of benzene rings is 2. The summed E-state index contributed by atoms with van der Waals surface area (Å²) in [5, 5.41) is 0. The van der Waals surface area contributed by atoms with E-state index in [4.69, 9.17) is 9.47 Å². The van der Waals surface area contributed by atoms with Crippen molar-refractivity contribution >= 4 is 27.1 Å². The molecular formula is C41H49N3O5S. The average Bonchev–Trinajstić information content (AvgIpc) is 3.25. The molecule has 1 saturated carbocycles. The predicted octanol–water partition coefficient (Wildman–Crippen LogP) is 7.06. The third kappa shape index (κ3) is 7.45. The third-order valence-electron chi connectivity index (χ3n) is 11.3. The lowest BCUT2D eigenvalue weighted by molar-refractivity contribution is -0.116. The van der Waals surface area contributed by atoms with E-state index >= 15 is 0 Å². The Bertz CT molecular complexity index is 1880. The molecule has 264 valence electrons. The molecule has 2 bridgehead atoms. The molecule has 4 aliphatic rings. The average molecular weight is 696 g/mol. The van der Waals surface area contributed by atoms with Crippen LogP contribution in [-0.4, -0.2) is 65.3 Å². The van der Waals surface area contributed by atoms with Crippen molar-refractivity contribution in [3.8, 4) is 5.75 Å². The summed E-state index contributed by atoms with van der Waals surface area (Å²) in [6, 6.07) is 18.0. The number of carbonyl (C=O) groups is 2. The lowest BCUT2D eigenvalue weighted by Gasteiger charge is -2.46. The van der Waals surface area contributed by atoms with Gasteiger partial charge in [0.25, 0.3) is 5.91 Å². The number of rotatable bonds is 6. The fourth-order valence-corrected chi connectivity index (χ4v) is 10.5. The van der Waals surface area contributed by atoms with E-state index in [2.05, 4.69) is 51.5 Å². The van der Waals surface area contributed by atoms with Crippen LogP contribution in [0.1, 0.15) is 77.7 Å². The number of aryl methyl sites for hydroxylation is 3. The Balaban J connectivity index is 1.24. The minimum atomic E-state index is -3.15. The second-order valence-electron chi connectivity index (χ2n) is 14.8. The fraction of sp³-hybridized carbons (Fsp3) is 0.488. The molecule has 0 saturated heterocycles. The van der Waals surface area contributed by atoms with Gasteiger partial charge in [-0.1, -0.05) is 42.0 Å². The SMILES string of the molecule is CO[C@H]1/C=C/CCC[S@@](=O)(CC(=O)CCc2ccccn2)=NC(=O)c2ccc3c(c2)N(C[C@@H]2CC[C@H]21)C[C@@]1(CCCc2cc(C)ccc21)CO3. The van der Waals surface area contributed by atoms with Gasteiger partial charge in [-0.25, -0.2) is 4.21 Å². The lowest BCUT2D eigenvalue weighted by Crippen LogP contribution is -2.49. The van der Waals surface area contributed by atoms with E-state index in [9.17, 15) is 13.8 Å². The molecule has 5 atom stereocenters. The van der Waals surface area contributed by atoms with Crippen LogP contribution in [0.4, 0.5) is 5.69 Å². The minimum absolute atomic E-state index is 0.00757. The predicted molar refractivity (Wildman–Crippen MR) is 198 cm³/mol. The molecule has 7 rings (SSSR count). The summed E-state index contributed by atoms with van der Waals surface area (Å²) in [6.45, 7) is 4.33. The monoisotopic (exact) mass is 695 g/mol. The first-order valence-electron chi connectivity index (χ1n) is 18.2. The number of carbonyl (C=O) groups excluding carboxylic acids is 2. The molecule has 2 aromatic carbocycles. The maximum Gasteiger partial charge on any atom is 0.285 e. The molecule has 2 aliphatic heterocycles. The van der Waals surface area contributed by atoms with E-state index in [1.54, 1.807) is 19.4 Å². The topological polar surface area (TPSA) is 98.2 Å². The zero-order valence-corrected chi connectivity index (χ0v) is 30.2. The number of anilines is 1. The molecule has 50 heavy (non-hydrogen) atoms. The Hall–Kier alpha value is -3.82. The zero-order chi connectivity index (χ0) is 34.7. The smallest absolute Gasteiger partial charge is 0.285 e. The number of ketones is 1. The van der Waals surface area contributed by atoms with Crippen LogP contribution in [-0.2, 0) is 37.5 Å². The molecule has 1 amide bonds. The van der Waals surface area contributed by atoms with Crippen LogP contribution in [0.15, 0.2) is 77.3 Å². The largest absolute Gasteiger partial charge is 0.490 e. The van der Waals surface area contributed by atoms with Crippen molar-refractivity contribution in [3.63, 3.8) is 0 Å². The minimum Gasteiger partial charge on any atom is -0.490 e. The van der Waals surface area contributed by atoms with Crippen molar-refractivity contribution in [2.75, 3.05) is 43.2 Å². The molecule has 0 radical (unpaired) electrons. The number of amides is 1. The molecular weight excluding hydrogens is 647 g/mol. The number of hydrogen-bond acceptors (Lipinski definition) is 7. The van der Waals surface area contributed by atoms with Gasteiger partial charge in [0.1, 0.15) is 11.5 Å². The first-order chi connectivity index (χ1) is 24.2. The quantitative estimate of drug-likeness (QED) is 0.255. The third-order valence-corrected chi connectivity index (χ3v) is 13.5. The standard InChI is InChI=1S/C41H49N3O5S/c1-29-12-18-36-30(23-29)9-8-20-41(36)27-44-25-32-13-17-35(32)38(48-2)11-4-3-7-22-50(47,26-34(45)16-15-33-10-5-6-21-42-33)43-40(46)31-14-19-39(49-28-41)37(44)24-31/h4-6,10-12,14,18-19,21,23-24,32,35,38H,3,7-9,13,15-17,20,22,25-28H2,1-2H3/b11-4+/t32-,35+,38-,41-,50+/m0/s1. The lowest BCUT2D eigenvalue weighted by atomic mass is 9.68. The molecule has 8 nitrogen and oxygen atoms in total. The van der Waals surface area contributed by atoms with E-state index < -0.39 is 15.6 Å². The van der Waals surface area contributed by atoms with Gasteiger partial charge < -0.3 is 14.4 Å². The van der Waals surface area contributed by atoms with E-state index in [0.29, 0.717) is 43.3 Å². The van der Waals surface area contributed by atoms with Crippen molar-refractivity contribution in [2.45, 2.75) is 76.2 Å². The Morgan fingerprint density at radius 2 is 2.02 bits per heavy atom. The van der Waals surface area contributed by atoms with Gasteiger partial charge in [0.05, 0.1) is 33.9 Å². The first kappa shape index (κ1) is 34.6. The summed E-state index contributed by atoms with van der Waals surface area (Å²) < 4.78 is 31.4. The van der Waals surface area contributed by atoms with Crippen LogP contribution in [0.2, 0.25) is 0 Å². The Labute approximate surface area is 296 Å². The number of hydrogen-bond donors (Lipinski definition) is 0. The van der Waals surface area contributed by atoms with Crippen molar-refractivity contribution in [3.05, 3.63) is 101 Å². The molecule has 3 aromatic rings. The summed E-state index contributed by atoms with van der Waals surface area (Å²) in [7, 11) is -1.37. The van der Waals surface area contributed by atoms with Crippen LogP contribution >= 0.6 is 0 Å². The van der Waals surface area contributed by atoms with Crippen LogP contribution in [0.3, 0.4) is 0 Å². The number of ether oxygens (including phenoxy) is 2. The maximum absolute atomic E-state index is 14.4. The Kier molecular flexibility index (Phi) is 10.3. The molecule has 1 aromatic heterocycles. The summed E-state index contributed by atoms with van der Waals surface area (Å²) in [4.78, 5) is 33.8. The van der Waals surface area contributed by atoms with Gasteiger partial charge in [-0.3, -0.25) is 14.6 Å². The maximum atomic E-state index is 14.4. The van der Waals surface area contributed by atoms with Crippen molar-refractivity contribution in [1.82, 2.24) is 4.98 Å². The highest BCUT2D eigenvalue weighted by Gasteiger charge is 2.44. The van der Waals surface area contributed by atoms with Gasteiger partial charge in [0, 0.05) is 55.2 Å². The fourth-order valence-electron chi connectivity index (χ4n) is 8.49. The Morgan fingerprint density at radius 1 is 1.12 bits per heavy atom. The highest BCUT2D eigenvalue weighted by molar-refractivity contribution is 7.94. The molecule has 0 N–H and O–H groups in total. The molecule has 1 spiro atoms. The number of fused-ring (bicyclic) bond motifs is 4. The van der Waals surface area contributed by atoms with Crippen molar-refractivity contribution < 1.29 is 23.3 Å². The van der Waals surface area contributed by atoms with Crippen LogP contribution in [0.5, 0.6) is 5.75 Å². The molecule has 0 unspecified atom stereocenters. The highest BCUT2D eigenvalue weighted by Crippen LogP contribution is 2.47. The molecule has 3 heterocycles. The van der Waals surface area contributed by atoms with Gasteiger partial charge in [-0.2, -0.15) is 4.36 Å². The van der Waals surface area contributed by atoms with E-state index in [-0.39, 0.29) is 35.2 Å². The van der Waals surface area contributed by atoms with Crippen LogP contribution in [0.25, 0.3) is 0 Å². The highest BCUT2D eigenvalue weighted by atomic mass is 32.2. The summed E-state index contributed by atoms with van der Waals surface area (Å²) in [6.07, 6.45) is 13.3. The van der Waals surface area contributed by atoms with Gasteiger partial charge in [-0.05, 0) is 112 Å². The molecule has 9 heteroatoms. The van der Waals surface area contributed by atoms with Crippen LogP contribution < -0.4 is 9.64 Å². The number of pyridine rings is 1. The number of Topliss-reactive ketones (excluding diaryl/α,β-unsaturated/α-hetero) is 1. The van der Waals surface area contributed by atoms with Crippen molar-refractivity contribution in [1.29, 1.82) is 0 Å². The van der Waals surface area contributed by atoms with Crippen LogP contribution in [0, 0.1) is 18.8 Å². The zero-order valence-electron chi connectivity index (χ0n) is 29.4. The number of aromatic nitrogens is 1. The van der Waals surface area contributed by atoms with Gasteiger partial charge in [0.2, 0.25) is 0 Å². The van der Waals surface area contributed by atoms with Crippen molar-refractivity contribution in [2.24, 2.45) is 16.2 Å². The second kappa shape index (κ2) is 14.8. The van der Waals surface area contributed by atoms with Gasteiger partial charge in [-0.15, -0.1) is 0 Å². The summed E-state index contributed by atoms with van der Waals surface area (Å²) in [5.74, 6) is 0.772. The van der Waals surface area contributed by atoms with E-state index in [1.807, 2.05) is 30.3 Å².